The topological polar surface area (TPSA) is 66.9 Å². The van der Waals surface area contributed by atoms with E-state index in [0.717, 1.165) is 50.5 Å². The zero-order valence-electron chi connectivity index (χ0n) is 15.4. The van der Waals surface area contributed by atoms with E-state index in [4.69, 9.17) is 21.3 Å². The van der Waals surface area contributed by atoms with Gasteiger partial charge in [0.25, 0.3) is 0 Å². The van der Waals surface area contributed by atoms with Gasteiger partial charge in [-0.3, -0.25) is 5.10 Å². The van der Waals surface area contributed by atoms with Gasteiger partial charge in [-0.15, -0.1) is 0 Å². The third-order valence-electron chi connectivity index (χ3n) is 5.78. The smallest absolute Gasteiger partial charge is 0.202 e. The summed E-state index contributed by atoms with van der Waals surface area (Å²) in [4.78, 5) is 11.6. The number of aromatic nitrogens is 4. The van der Waals surface area contributed by atoms with Gasteiger partial charge in [0.05, 0.1) is 17.8 Å². The molecule has 2 aromatic heterocycles. The Labute approximate surface area is 168 Å². The maximum Gasteiger partial charge on any atom is 0.202 e. The van der Waals surface area contributed by atoms with Crippen LogP contribution in [0.15, 0.2) is 30.5 Å². The average Bonchev–Trinajstić information content (AvgIpc) is 3.35. The van der Waals surface area contributed by atoms with Crippen molar-refractivity contribution in [2.45, 2.75) is 19.3 Å². The molecule has 2 aliphatic rings. The van der Waals surface area contributed by atoms with E-state index in [1.165, 1.54) is 6.42 Å². The van der Waals surface area contributed by atoms with Crippen LogP contribution >= 0.6 is 11.6 Å². The Morgan fingerprint density at radius 1 is 1.14 bits per heavy atom. The molecule has 28 heavy (non-hydrogen) atoms. The van der Waals surface area contributed by atoms with Crippen molar-refractivity contribution in [3.8, 4) is 11.8 Å². The van der Waals surface area contributed by atoms with Crippen LogP contribution in [0.25, 0.3) is 11.2 Å². The minimum absolute atomic E-state index is 0.377. The minimum atomic E-state index is 0.377. The van der Waals surface area contributed by atoms with Gasteiger partial charge in [0.1, 0.15) is 17.0 Å². The molecule has 5 rings (SSSR count). The minimum Gasteiger partial charge on any atom is -0.381 e. The van der Waals surface area contributed by atoms with E-state index in [2.05, 4.69) is 31.9 Å². The van der Waals surface area contributed by atoms with Crippen LogP contribution in [-0.2, 0) is 4.74 Å². The molecule has 0 amide bonds. The summed E-state index contributed by atoms with van der Waals surface area (Å²) in [6, 6.07) is 7.50. The fourth-order valence-electron chi connectivity index (χ4n) is 3.97. The summed E-state index contributed by atoms with van der Waals surface area (Å²) >= 11 is 6.16. The molecule has 0 saturated carbocycles. The molecule has 1 N–H and O–H groups in total. The van der Waals surface area contributed by atoms with Crippen LogP contribution in [0.5, 0.6) is 0 Å². The van der Waals surface area contributed by atoms with Gasteiger partial charge >= 0.3 is 0 Å². The number of piperidine rings is 1. The zero-order valence-corrected chi connectivity index (χ0v) is 16.2. The fourth-order valence-corrected chi connectivity index (χ4v) is 4.16. The van der Waals surface area contributed by atoms with Crippen LogP contribution in [-0.4, -0.2) is 46.5 Å². The highest BCUT2D eigenvalue weighted by Crippen LogP contribution is 2.39. The lowest BCUT2D eigenvalue weighted by Crippen LogP contribution is -2.40. The van der Waals surface area contributed by atoms with Gasteiger partial charge in [-0.2, -0.15) is 5.10 Å². The first kappa shape index (κ1) is 17.5. The van der Waals surface area contributed by atoms with Gasteiger partial charge in [-0.1, -0.05) is 29.7 Å². The Bertz CT molecular complexity index is 1070. The highest BCUT2D eigenvalue weighted by atomic mass is 35.5. The number of hydrogen-bond acceptors (Lipinski definition) is 5. The summed E-state index contributed by atoms with van der Waals surface area (Å²) in [6.07, 6.45) is 5.28. The Hall–Kier alpha value is -2.62. The van der Waals surface area contributed by atoms with Gasteiger partial charge in [-0.05, 0) is 42.7 Å². The highest BCUT2D eigenvalue weighted by molar-refractivity contribution is 6.31. The summed E-state index contributed by atoms with van der Waals surface area (Å²) in [7, 11) is 0. The number of benzene rings is 1. The van der Waals surface area contributed by atoms with Crippen molar-refractivity contribution in [1.29, 1.82) is 0 Å². The van der Waals surface area contributed by atoms with E-state index in [1.807, 2.05) is 30.5 Å². The summed E-state index contributed by atoms with van der Waals surface area (Å²) < 4.78 is 5.62. The van der Waals surface area contributed by atoms with Gasteiger partial charge < -0.3 is 9.64 Å². The number of nitrogens with zero attached hydrogens (tertiary/aromatic N) is 4. The lowest BCUT2D eigenvalue weighted by atomic mass is 9.78. The predicted octanol–water partition coefficient (Wildman–Crippen LogP) is 3.41. The van der Waals surface area contributed by atoms with Crippen LogP contribution < -0.4 is 4.90 Å². The molecule has 0 radical (unpaired) electrons. The standard InChI is InChI=1S/C21H20ClN5O/c22-16-4-2-1-3-15(16)5-6-17-19-20(26-25-17)24-18(13-23-19)27-10-7-21(8-11-27)9-12-28-14-21/h1-4,13H,7-12,14H2,(H,24,25,26). The first-order chi connectivity index (χ1) is 13.7. The number of hydrogen-bond donors (Lipinski definition) is 1. The van der Waals surface area contributed by atoms with Crippen molar-refractivity contribution in [3.05, 3.63) is 46.7 Å². The molecule has 2 fully saturated rings. The van der Waals surface area contributed by atoms with Gasteiger partial charge in [-0.25, -0.2) is 9.97 Å². The second-order valence-electron chi connectivity index (χ2n) is 7.52. The molecule has 6 nitrogen and oxygen atoms in total. The number of halogens is 1. The number of rotatable bonds is 1. The quantitative estimate of drug-likeness (QED) is 0.642. The van der Waals surface area contributed by atoms with E-state index in [9.17, 15) is 0 Å². The summed E-state index contributed by atoms with van der Waals surface area (Å²) in [5.74, 6) is 7.02. The summed E-state index contributed by atoms with van der Waals surface area (Å²) in [5, 5.41) is 7.87. The molecule has 7 heteroatoms. The molecule has 3 aromatic rings. The van der Waals surface area contributed by atoms with Crippen LogP contribution in [0, 0.1) is 17.3 Å². The van der Waals surface area contributed by atoms with E-state index >= 15 is 0 Å². The number of ether oxygens (including phenoxy) is 1. The maximum atomic E-state index is 6.16. The van der Waals surface area contributed by atoms with Crippen LogP contribution in [0.4, 0.5) is 5.82 Å². The largest absolute Gasteiger partial charge is 0.381 e. The average molecular weight is 394 g/mol. The molecule has 2 saturated heterocycles. The van der Waals surface area contributed by atoms with Crippen LogP contribution in [0.3, 0.4) is 0 Å². The molecule has 1 aromatic carbocycles. The van der Waals surface area contributed by atoms with Gasteiger partial charge in [0.15, 0.2) is 0 Å². The molecule has 0 bridgehead atoms. The zero-order chi connectivity index (χ0) is 19.0. The fraction of sp³-hybridized carbons (Fsp3) is 0.381. The van der Waals surface area contributed by atoms with Crippen molar-refractivity contribution in [2.24, 2.45) is 5.41 Å². The van der Waals surface area contributed by atoms with Crippen LogP contribution in [0.1, 0.15) is 30.5 Å². The lowest BCUT2D eigenvalue weighted by Gasteiger charge is -2.38. The number of H-pyrrole nitrogens is 1. The Morgan fingerprint density at radius 2 is 2.00 bits per heavy atom. The van der Waals surface area contributed by atoms with Crippen molar-refractivity contribution >= 4 is 28.6 Å². The second kappa shape index (κ2) is 7.08. The molecule has 4 heterocycles. The monoisotopic (exact) mass is 393 g/mol. The van der Waals surface area contributed by atoms with Crippen molar-refractivity contribution < 1.29 is 4.74 Å². The van der Waals surface area contributed by atoms with Crippen molar-refractivity contribution in [2.75, 3.05) is 31.2 Å². The van der Waals surface area contributed by atoms with Crippen molar-refractivity contribution in [1.82, 2.24) is 20.2 Å². The first-order valence-electron chi connectivity index (χ1n) is 9.53. The third kappa shape index (κ3) is 3.21. The third-order valence-corrected chi connectivity index (χ3v) is 6.11. The van der Waals surface area contributed by atoms with Crippen LogP contribution in [0.2, 0.25) is 5.02 Å². The highest BCUT2D eigenvalue weighted by Gasteiger charge is 2.38. The molecule has 0 unspecified atom stereocenters. The molecule has 0 aliphatic carbocycles. The van der Waals surface area contributed by atoms with Gasteiger partial charge in [0.2, 0.25) is 5.65 Å². The molecule has 2 aliphatic heterocycles. The SMILES string of the molecule is Clc1ccccc1C#Cc1[nH]nc2nc(N3CCC4(CCOC4)CC3)cnc12. The molecular formula is C21H20ClN5O. The van der Waals surface area contributed by atoms with Crippen molar-refractivity contribution in [3.63, 3.8) is 0 Å². The number of aromatic amines is 1. The molecular weight excluding hydrogens is 374 g/mol. The lowest BCUT2D eigenvalue weighted by molar-refractivity contribution is 0.133. The first-order valence-corrected chi connectivity index (χ1v) is 9.91. The number of nitrogens with one attached hydrogen (secondary N) is 1. The number of fused-ring (bicyclic) bond motifs is 1. The number of anilines is 1. The predicted molar refractivity (Wildman–Crippen MR) is 108 cm³/mol. The van der Waals surface area contributed by atoms with E-state index < -0.39 is 0 Å². The Kier molecular flexibility index (Phi) is 4.42. The normalized spacial score (nSPS) is 18.4. The maximum absolute atomic E-state index is 6.16. The van der Waals surface area contributed by atoms with E-state index in [-0.39, 0.29) is 0 Å². The van der Waals surface area contributed by atoms with E-state index in [0.29, 0.717) is 27.3 Å². The molecule has 1 spiro atoms. The Balaban J connectivity index is 1.36. The second-order valence-corrected chi connectivity index (χ2v) is 7.93. The summed E-state index contributed by atoms with van der Waals surface area (Å²) in [5.41, 5.74) is 3.07. The summed E-state index contributed by atoms with van der Waals surface area (Å²) in [6.45, 7) is 3.76. The van der Waals surface area contributed by atoms with E-state index in [1.54, 1.807) is 0 Å². The molecule has 0 atom stereocenters. The van der Waals surface area contributed by atoms with Gasteiger partial charge in [0, 0.05) is 25.3 Å². The Morgan fingerprint density at radius 3 is 2.79 bits per heavy atom. The molecule has 142 valence electrons.